The summed E-state index contributed by atoms with van der Waals surface area (Å²) in [5.41, 5.74) is 0. The molecular formula is C50H86O22. The van der Waals surface area contributed by atoms with Crippen molar-refractivity contribution in [3.63, 3.8) is 0 Å². The lowest BCUT2D eigenvalue weighted by atomic mass is 9.95. The number of hydrogen-bond donors (Lipinski definition) is 8. The number of fused-ring (bicyclic) bond motifs is 4. The number of esters is 3. The monoisotopic (exact) mass is 1040 g/mol. The second-order valence-corrected chi connectivity index (χ2v) is 20.5. The van der Waals surface area contributed by atoms with Crippen LogP contribution in [-0.4, -0.2) is 200 Å². The van der Waals surface area contributed by atoms with Crippen LogP contribution in [0.4, 0.5) is 0 Å². The van der Waals surface area contributed by atoms with Crippen molar-refractivity contribution in [1.29, 1.82) is 0 Å². The van der Waals surface area contributed by atoms with E-state index in [1.165, 1.54) is 27.7 Å². The van der Waals surface area contributed by atoms with Crippen LogP contribution in [0.3, 0.4) is 0 Å². The van der Waals surface area contributed by atoms with E-state index in [0.717, 1.165) is 51.4 Å². The fourth-order valence-electron chi connectivity index (χ4n) is 9.53. The zero-order valence-corrected chi connectivity index (χ0v) is 43.3. The summed E-state index contributed by atoms with van der Waals surface area (Å²) in [6.07, 6.45) is -22.7. The molecule has 5 aliphatic heterocycles. The van der Waals surface area contributed by atoms with Crippen molar-refractivity contribution < 1.29 is 107 Å². The fourth-order valence-corrected chi connectivity index (χ4v) is 9.53. The lowest BCUT2D eigenvalue weighted by molar-refractivity contribution is -0.399. The number of carbonyl (C=O) groups excluding carboxylic acids is 3. The van der Waals surface area contributed by atoms with Crippen LogP contribution in [0.25, 0.3) is 0 Å². The molecule has 5 heterocycles. The third-order valence-electron chi connectivity index (χ3n) is 14.7. The number of carbonyl (C=O) groups is 3. The van der Waals surface area contributed by atoms with Crippen molar-refractivity contribution in [2.45, 2.75) is 280 Å². The predicted molar refractivity (Wildman–Crippen MR) is 250 cm³/mol. The van der Waals surface area contributed by atoms with Gasteiger partial charge in [-0.1, -0.05) is 78.6 Å². The van der Waals surface area contributed by atoms with Crippen molar-refractivity contribution in [1.82, 2.24) is 0 Å². The number of aliphatic hydroxyl groups is 8. The van der Waals surface area contributed by atoms with Gasteiger partial charge in [-0.05, 0) is 60.3 Å². The van der Waals surface area contributed by atoms with E-state index in [9.17, 15) is 55.2 Å². The van der Waals surface area contributed by atoms with Gasteiger partial charge in [-0.2, -0.15) is 0 Å². The van der Waals surface area contributed by atoms with E-state index in [1.807, 2.05) is 0 Å². The maximum atomic E-state index is 14.0. The molecule has 5 rings (SSSR count). The second-order valence-electron chi connectivity index (χ2n) is 20.5. The molecule has 0 aromatic heterocycles. The molecule has 22 heteroatoms. The van der Waals surface area contributed by atoms with Crippen LogP contribution in [-0.2, 0) is 66.5 Å². The second kappa shape index (κ2) is 28.8. The first kappa shape index (κ1) is 60.6. The van der Waals surface area contributed by atoms with Gasteiger partial charge in [-0.15, -0.1) is 0 Å². The minimum atomic E-state index is -1.93. The summed E-state index contributed by atoms with van der Waals surface area (Å²) < 4.78 is 68.2. The highest BCUT2D eigenvalue weighted by Crippen LogP contribution is 2.38. The van der Waals surface area contributed by atoms with Gasteiger partial charge in [0.15, 0.2) is 43.5 Å². The topological polar surface area (TPSA) is 315 Å². The SMILES string of the molecule is CCCCC[C@H]1CCCCCCCCCC(=O)O[C@@H]2[C@@H](O[C@@H]3O[C@H](C)[C@@H](OC(=O)[C@H](C)[C@@H](C)O)[C@H](O)[C@H]3O)[C@H](C)O[C@@H](O[C@H]3[C@H](O[C@H]4[C@H](O1)O[C@H](C)[C@@H](O)[C@@H]4O)O[C@H](CO)[C@@H](O)[C@@H]3O)[C@@H]2OC(=O)[C@@H](C)CC. The molecule has 5 fully saturated rings. The Morgan fingerprint density at radius 3 is 1.83 bits per heavy atom. The van der Waals surface area contributed by atoms with Gasteiger partial charge in [0.25, 0.3) is 0 Å². The summed E-state index contributed by atoms with van der Waals surface area (Å²) in [7, 11) is 0. The maximum absolute atomic E-state index is 14.0. The van der Waals surface area contributed by atoms with E-state index in [2.05, 4.69) is 6.92 Å². The van der Waals surface area contributed by atoms with Crippen molar-refractivity contribution in [2.75, 3.05) is 6.61 Å². The molecule has 2 bridgehead atoms. The maximum Gasteiger partial charge on any atom is 0.311 e. The minimum absolute atomic E-state index is 0.0553. The van der Waals surface area contributed by atoms with Crippen LogP contribution in [0.5, 0.6) is 0 Å². The Kier molecular flexibility index (Phi) is 24.2. The summed E-state index contributed by atoms with van der Waals surface area (Å²) in [5, 5.41) is 88.9. The molecule has 0 spiro atoms. The standard InChI is InChI=1S/C50H86O22/c1-9-11-17-20-30-21-18-15-13-12-14-16-19-22-32(53)67-43-40(70-47-38(59)37(58)39(28(7)63-47)68-46(61)25(4)26(5)52)29(8)64-50(44(43)69-45(60)24(3)10-2)72-42-36(57)34(55)31(23-51)66-49(42)71-41-35(56)33(54)27(6)62-48(41)65-30/h24-31,33-44,47-52,54-59H,9-23H2,1-8H3/t24-,25+,26+,27+,28+,29-,30-,31+,33+,34+,35-,36-,37+,38+,39+,40-,41+,42+,43+,44+,47-,48-,49-,50-/m0/s1. The molecule has 22 nitrogen and oxygen atoms in total. The average molecular weight is 1040 g/mol. The van der Waals surface area contributed by atoms with Crippen molar-refractivity contribution >= 4 is 17.9 Å². The molecule has 5 aliphatic rings. The van der Waals surface area contributed by atoms with Crippen molar-refractivity contribution in [3.05, 3.63) is 0 Å². The van der Waals surface area contributed by atoms with E-state index >= 15 is 0 Å². The summed E-state index contributed by atoms with van der Waals surface area (Å²) in [6.45, 7) is 12.0. The molecule has 418 valence electrons. The van der Waals surface area contributed by atoms with Crippen LogP contribution in [0.15, 0.2) is 0 Å². The Morgan fingerprint density at radius 2 is 1.19 bits per heavy atom. The quantitative estimate of drug-likeness (QED) is 0.0737. The Balaban J connectivity index is 1.54. The molecule has 8 N–H and O–H groups in total. The Hall–Kier alpha value is -2.23. The molecule has 0 saturated carbocycles. The van der Waals surface area contributed by atoms with Crippen LogP contribution in [0.2, 0.25) is 0 Å². The van der Waals surface area contributed by atoms with Gasteiger partial charge in [-0.25, -0.2) is 0 Å². The van der Waals surface area contributed by atoms with E-state index in [-0.39, 0.29) is 12.5 Å². The van der Waals surface area contributed by atoms with Gasteiger partial charge in [0, 0.05) is 6.42 Å². The fraction of sp³-hybridized carbons (Fsp3) is 0.940. The number of unbranched alkanes of at least 4 members (excludes halogenated alkanes) is 2. The lowest BCUT2D eigenvalue weighted by Gasteiger charge is -2.50. The van der Waals surface area contributed by atoms with E-state index in [1.54, 1.807) is 20.8 Å². The van der Waals surface area contributed by atoms with Gasteiger partial charge >= 0.3 is 17.9 Å². The molecule has 72 heavy (non-hydrogen) atoms. The van der Waals surface area contributed by atoms with Crippen molar-refractivity contribution in [2.24, 2.45) is 11.8 Å². The molecule has 0 aromatic rings. The van der Waals surface area contributed by atoms with E-state index in [0.29, 0.717) is 32.1 Å². The predicted octanol–water partition coefficient (Wildman–Crippen LogP) is 1.55. The molecule has 0 aliphatic carbocycles. The van der Waals surface area contributed by atoms with E-state index in [4.69, 9.17) is 52.1 Å². The summed E-state index contributed by atoms with van der Waals surface area (Å²) in [5.74, 6) is -4.04. The normalized spacial score (nSPS) is 42.4. The van der Waals surface area contributed by atoms with Gasteiger partial charge in [0.05, 0.1) is 49.0 Å². The van der Waals surface area contributed by atoms with Gasteiger partial charge in [0.2, 0.25) is 0 Å². The molecular weight excluding hydrogens is 953 g/mol. The third-order valence-corrected chi connectivity index (χ3v) is 14.7. The average Bonchev–Trinajstić information content (AvgIpc) is 3.34. The summed E-state index contributed by atoms with van der Waals surface area (Å²) in [4.78, 5) is 40.6. The first-order valence-corrected chi connectivity index (χ1v) is 26.4. The van der Waals surface area contributed by atoms with Crippen molar-refractivity contribution in [3.8, 4) is 0 Å². The van der Waals surface area contributed by atoms with E-state index < -0.39 is 165 Å². The third kappa shape index (κ3) is 15.7. The highest BCUT2D eigenvalue weighted by atomic mass is 16.8. The van der Waals surface area contributed by atoms with Crippen LogP contribution in [0, 0.1) is 11.8 Å². The largest absolute Gasteiger partial charge is 0.456 e. The molecule has 0 amide bonds. The zero-order chi connectivity index (χ0) is 53.0. The first-order chi connectivity index (χ1) is 34.2. The molecule has 0 unspecified atom stereocenters. The van der Waals surface area contributed by atoms with Gasteiger partial charge in [-0.3, -0.25) is 14.4 Å². The Bertz CT molecular complexity index is 1640. The number of ether oxygens (including phenoxy) is 11. The Morgan fingerprint density at radius 1 is 0.611 bits per heavy atom. The number of rotatable bonds is 13. The lowest BCUT2D eigenvalue weighted by Crippen LogP contribution is -2.68. The molecule has 0 aromatic carbocycles. The van der Waals surface area contributed by atoms with Gasteiger partial charge < -0.3 is 93.0 Å². The van der Waals surface area contributed by atoms with Crippen LogP contribution < -0.4 is 0 Å². The van der Waals surface area contributed by atoms with Gasteiger partial charge in [0.1, 0.15) is 61.0 Å². The van der Waals surface area contributed by atoms with Crippen LogP contribution in [0.1, 0.15) is 145 Å². The highest BCUT2D eigenvalue weighted by molar-refractivity contribution is 5.73. The highest BCUT2D eigenvalue weighted by Gasteiger charge is 2.58. The first-order valence-electron chi connectivity index (χ1n) is 26.4. The molecule has 5 saturated heterocycles. The smallest absolute Gasteiger partial charge is 0.311 e. The number of aliphatic hydroxyl groups excluding tert-OH is 8. The van der Waals surface area contributed by atoms with Crippen LogP contribution >= 0.6 is 0 Å². The minimum Gasteiger partial charge on any atom is -0.456 e. The molecule has 0 radical (unpaired) electrons. The Labute approximate surface area is 423 Å². The molecule has 24 atom stereocenters. The summed E-state index contributed by atoms with van der Waals surface area (Å²) in [6, 6.07) is 0. The summed E-state index contributed by atoms with van der Waals surface area (Å²) >= 11 is 0. The number of hydrogen-bond acceptors (Lipinski definition) is 22. The zero-order valence-electron chi connectivity index (χ0n) is 43.3.